The first-order chi connectivity index (χ1) is 10.8. The SMILES string of the molecule is Cl.O=C(NCC(c1cccs1)N1CCOCC1)C1CCNCC1. The summed E-state index contributed by atoms with van der Waals surface area (Å²) in [4.78, 5) is 16.1. The second kappa shape index (κ2) is 9.59. The van der Waals surface area contributed by atoms with Crippen molar-refractivity contribution in [3.8, 4) is 0 Å². The Morgan fingerprint density at radius 1 is 1.39 bits per heavy atom. The number of amides is 1. The van der Waals surface area contributed by atoms with Gasteiger partial charge in [0, 0.05) is 30.4 Å². The first-order valence-electron chi connectivity index (χ1n) is 8.18. The van der Waals surface area contributed by atoms with Crippen molar-refractivity contribution in [2.45, 2.75) is 18.9 Å². The van der Waals surface area contributed by atoms with Crippen LogP contribution < -0.4 is 10.6 Å². The standard InChI is InChI=1S/C16H25N3O2S.ClH/c20-16(13-3-5-17-6-4-13)18-12-14(15-2-1-11-22-15)19-7-9-21-10-8-19;/h1-2,11,13-14,17H,3-10,12H2,(H,18,20);1H. The van der Waals surface area contributed by atoms with Gasteiger partial charge in [-0.2, -0.15) is 0 Å². The summed E-state index contributed by atoms with van der Waals surface area (Å²) >= 11 is 1.77. The summed E-state index contributed by atoms with van der Waals surface area (Å²) in [5, 5.41) is 8.61. The van der Waals surface area contributed by atoms with Crippen LogP contribution in [0, 0.1) is 5.92 Å². The molecule has 1 unspecified atom stereocenters. The molecular weight excluding hydrogens is 334 g/mol. The average molecular weight is 360 g/mol. The molecule has 1 aromatic heterocycles. The Balaban J connectivity index is 0.00000192. The zero-order valence-electron chi connectivity index (χ0n) is 13.3. The van der Waals surface area contributed by atoms with E-state index in [1.807, 2.05) is 0 Å². The third kappa shape index (κ3) is 5.16. The molecule has 1 amide bonds. The van der Waals surface area contributed by atoms with Crippen LogP contribution in [-0.4, -0.2) is 56.7 Å². The highest BCUT2D eigenvalue weighted by atomic mass is 35.5. The molecule has 2 N–H and O–H groups in total. The molecule has 1 atom stereocenters. The first kappa shape index (κ1) is 18.7. The Kier molecular flexibility index (Phi) is 7.79. The van der Waals surface area contributed by atoms with Crippen LogP contribution >= 0.6 is 23.7 Å². The van der Waals surface area contributed by atoms with Crippen LogP contribution in [0.25, 0.3) is 0 Å². The van der Waals surface area contributed by atoms with Gasteiger partial charge in [0.25, 0.3) is 0 Å². The van der Waals surface area contributed by atoms with E-state index in [0.29, 0.717) is 6.54 Å². The van der Waals surface area contributed by atoms with Crippen molar-refractivity contribution in [3.05, 3.63) is 22.4 Å². The molecule has 2 aliphatic rings. The fraction of sp³-hybridized carbons (Fsp3) is 0.688. The maximum absolute atomic E-state index is 12.4. The van der Waals surface area contributed by atoms with Gasteiger partial charge in [-0.05, 0) is 37.4 Å². The molecular formula is C16H26ClN3O2S. The molecule has 0 spiro atoms. The lowest BCUT2D eigenvalue weighted by Crippen LogP contribution is -2.45. The van der Waals surface area contributed by atoms with E-state index >= 15 is 0 Å². The molecule has 1 aromatic rings. The molecule has 3 rings (SSSR count). The Morgan fingerprint density at radius 3 is 2.78 bits per heavy atom. The minimum absolute atomic E-state index is 0. The van der Waals surface area contributed by atoms with Crippen LogP contribution in [0.2, 0.25) is 0 Å². The Labute approximate surface area is 148 Å². The van der Waals surface area contributed by atoms with Gasteiger partial charge in [0.2, 0.25) is 5.91 Å². The van der Waals surface area contributed by atoms with Gasteiger partial charge in [0.05, 0.1) is 19.3 Å². The minimum Gasteiger partial charge on any atom is -0.379 e. The molecule has 23 heavy (non-hydrogen) atoms. The Bertz CT molecular complexity index is 460. The van der Waals surface area contributed by atoms with Gasteiger partial charge in [0.1, 0.15) is 0 Å². The summed E-state index contributed by atoms with van der Waals surface area (Å²) in [5.41, 5.74) is 0. The van der Waals surface area contributed by atoms with E-state index in [1.54, 1.807) is 11.3 Å². The number of ether oxygens (including phenoxy) is 1. The summed E-state index contributed by atoms with van der Waals surface area (Å²) in [6.45, 7) is 6.04. The van der Waals surface area contributed by atoms with Gasteiger partial charge in [-0.3, -0.25) is 9.69 Å². The predicted molar refractivity (Wildman–Crippen MR) is 95.3 cm³/mol. The number of hydrogen-bond donors (Lipinski definition) is 2. The van der Waals surface area contributed by atoms with Gasteiger partial charge in [-0.15, -0.1) is 23.7 Å². The maximum atomic E-state index is 12.4. The molecule has 0 bridgehead atoms. The summed E-state index contributed by atoms with van der Waals surface area (Å²) < 4.78 is 5.46. The number of hydrogen-bond acceptors (Lipinski definition) is 5. The first-order valence-corrected chi connectivity index (χ1v) is 9.06. The smallest absolute Gasteiger partial charge is 0.223 e. The number of nitrogens with zero attached hydrogens (tertiary/aromatic N) is 1. The van der Waals surface area contributed by atoms with Crippen molar-refractivity contribution in [2.75, 3.05) is 45.9 Å². The largest absolute Gasteiger partial charge is 0.379 e. The molecule has 0 radical (unpaired) electrons. The summed E-state index contributed by atoms with van der Waals surface area (Å²) in [5.74, 6) is 0.395. The number of morpholine rings is 1. The van der Waals surface area contributed by atoms with Crippen LogP contribution in [0.3, 0.4) is 0 Å². The molecule has 0 aliphatic carbocycles. The number of halogens is 1. The second-order valence-electron chi connectivity index (χ2n) is 5.95. The summed E-state index contributed by atoms with van der Waals surface area (Å²) in [6, 6.07) is 4.53. The zero-order valence-corrected chi connectivity index (χ0v) is 15.0. The van der Waals surface area contributed by atoms with Crippen LogP contribution in [0.4, 0.5) is 0 Å². The van der Waals surface area contributed by atoms with Crippen LogP contribution in [0.15, 0.2) is 17.5 Å². The highest BCUT2D eigenvalue weighted by molar-refractivity contribution is 7.10. The van der Waals surface area contributed by atoms with Gasteiger partial charge >= 0.3 is 0 Å². The molecule has 3 heterocycles. The molecule has 7 heteroatoms. The fourth-order valence-corrected chi connectivity index (χ4v) is 4.07. The van der Waals surface area contributed by atoms with Gasteiger partial charge < -0.3 is 15.4 Å². The number of nitrogens with one attached hydrogen (secondary N) is 2. The maximum Gasteiger partial charge on any atom is 0.223 e. The molecule has 2 aliphatic heterocycles. The fourth-order valence-electron chi connectivity index (χ4n) is 3.21. The molecule has 130 valence electrons. The van der Waals surface area contributed by atoms with Crippen LogP contribution in [0.5, 0.6) is 0 Å². The van der Waals surface area contributed by atoms with Gasteiger partial charge in [-0.25, -0.2) is 0 Å². The monoisotopic (exact) mass is 359 g/mol. The number of thiophene rings is 1. The van der Waals surface area contributed by atoms with E-state index in [0.717, 1.165) is 52.2 Å². The van der Waals surface area contributed by atoms with E-state index < -0.39 is 0 Å². The number of carbonyl (C=O) groups excluding carboxylic acids is 1. The molecule has 2 saturated heterocycles. The Hall–Kier alpha value is -0.660. The molecule has 2 fully saturated rings. The van der Waals surface area contributed by atoms with Crippen molar-refractivity contribution >= 4 is 29.7 Å². The lowest BCUT2D eigenvalue weighted by atomic mass is 9.97. The predicted octanol–water partition coefficient (Wildman–Crippen LogP) is 1.66. The van der Waals surface area contributed by atoms with Crippen LogP contribution in [0.1, 0.15) is 23.8 Å². The van der Waals surface area contributed by atoms with Crippen molar-refractivity contribution in [1.29, 1.82) is 0 Å². The van der Waals surface area contributed by atoms with E-state index in [-0.39, 0.29) is 30.3 Å². The number of piperidine rings is 1. The van der Waals surface area contributed by atoms with E-state index in [4.69, 9.17) is 4.74 Å². The van der Waals surface area contributed by atoms with E-state index in [9.17, 15) is 4.79 Å². The summed E-state index contributed by atoms with van der Waals surface area (Å²) in [6.07, 6.45) is 1.90. The lowest BCUT2D eigenvalue weighted by molar-refractivity contribution is -0.126. The zero-order chi connectivity index (χ0) is 15.2. The van der Waals surface area contributed by atoms with Gasteiger partial charge in [0.15, 0.2) is 0 Å². The van der Waals surface area contributed by atoms with Crippen molar-refractivity contribution < 1.29 is 9.53 Å². The molecule has 0 saturated carbocycles. The van der Waals surface area contributed by atoms with Crippen molar-refractivity contribution in [1.82, 2.24) is 15.5 Å². The summed E-state index contributed by atoms with van der Waals surface area (Å²) in [7, 11) is 0. The Morgan fingerprint density at radius 2 is 2.13 bits per heavy atom. The average Bonchev–Trinajstić information content (AvgIpc) is 3.11. The molecule has 5 nitrogen and oxygen atoms in total. The normalized spacial score (nSPS) is 21.4. The van der Waals surface area contributed by atoms with Gasteiger partial charge in [-0.1, -0.05) is 6.07 Å². The minimum atomic E-state index is 0. The number of rotatable bonds is 5. The van der Waals surface area contributed by atoms with E-state index in [1.165, 1.54) is 4.88 Å². The quantitative estimate of drug-likeness (QED) is 0.839. The highest BCUT2D eigenvalue weighted by Gasteiger charge is 2.26. The third-order valence-electron chi connectivity index (χ3n) is 4.54. The third-order valence-corrected chi connectivity index (χ3v) is 5.51. The topological polar surface area (TPSA) is 53.6 Å². The van der Waals surface area contributed by atoms with Crippen molar-refractivity contribution in [3.63, 3.8) is 0 Å². The van der Waals surface area contributed by atoms with Crippen molar-refractivity contribution in [2.24, 2.45) is 5.92 Å². The van der Waals surface area contributed by atoms with E-state index in [2.05, 4.69) is 33.0 Å². The number of carbonyl (C=O) groups is 1. The highest BCUT2D eigenvalue weighted by Crippen LogP contribution is 2.25. The second-order valence-corrected chi connectivity index (χ2v) is 6.93. The van der Waals surface area contributed by atoms with Crippen LogP contribution in [-0.2, 0) is 9.53 Å². The molecule has 0 aromatic carbocycles. The lowest BCUT2D eigenvalue weighted by Gasteiger charge is -2.34.